The minimum atomic E-state index is -0.481. The molecule has 0 aliphatic carbocycles. The molecule has 0 bridgehead atoms. The Morgan fingerprint density at radius 3 is 2.28 bits per heavy atom. The van der Waals surface area contributed by atoms with E-state index in [2.05, 4.69) is 77.3 Å². The quantitative estimate of drug-likeness (QED) is 0.273. The summed E-state index contributed by atoms with van der Waals surface area (Å²) < 4.78 is 14.0. The molecule has 3 aromatic rings. The van der Waals surface area contributed by atoms with E-state index in [0.717, 1.165) is 17.5 Å². The molecule has 0 aliphatic heterocycles. The summed E-state index contributed by atoms with van der Waals surface area (Å²) in [6.45, 7) is 4.50. The van der Waals surface area contributed by atoms with Crippen LogP contribution in [0, 0.1) is 23.6 Å². The number of hydrogen-bond donors (Lipinski definition) is 0. The number of isothiocyanates is 1. The summed E-state index contributed by atoms with van der Waals surface area (Å²) in [5.74, 6) is 6.18. The first kappa shape index (κ1) is 20.6. The van der Waals surface area contributed by atoms with Gasteiger partial charge < -0.3 is 0 Å². The third-order valence-electron chi connectivity index (χ3n) is 4.79. The maximum Gasteiger partial charge on any atom is 0.165 e. The van der Waals surface area contributed by atoms with Crippen molar-refractivity contribution in [1.29, 1.82) is 0 Å². The molecular formula is C25H21FN2S. The molecule has 2 aromatic carbocycles. The molecule has 1 aromatic heterocycles. The summed E-state index contributed by atoms with van der Waals surface area (Å²) in [4.78, 5) is 7.64. The molecule has 0 saturated carbocycles. The molecule has 29 heavy (non-hydrogen) atoms. The molecule has 0 fully saturated rings. The Hall–Kier alpha value is -3.12. The number of halogens is 1. The Balaban J connectivity index is 1.73. The van der Waals surface area contributed by atoms with Gasteiger partial charge >= 0.3 is 0 Å². The van der Waals surface area contributed by atoms with Crippen LogP contribution in [-0.4, -0.2) is 10.1 Å². The van der Waals surface area contributed by atoms with Crippen LogP contribution < -0.4 is 0 Å². The molecule has 1 unspecified atom stereocenters. The highest BCUT2D eigenvalue weighted by Gasteiger charge is 2.03. The van der Waals surface area contributed by atoms with Gasteiger partial charge in [-0.3, -0.25) is 0 Å². The van der Waals surface area contributed by atoms with Crippen molar-refractivity contribution in [2.45, 2.75) is 26.7 Å². The molecule has 1 atom stereocenters. The normalized spacial score (nSPS) is 11.1. The van der Waals surface area contributed by atoms with Crippen molar-refractivity contribution in [3.05, 3.63) is 83.3 Å². The van der Waals surface area contributed by atoms with Crippen LogP contribution in [0.15, 0.2) is 65.8 Å². The third kappa shape index (κ3) is 5.68. The largest absolute Gasteiger partial charge is 0.235 e. The average molecular weight is 401 g/mol. The topological polar surface area (TPSA) is 25.2 Å². The second-order valence-electron chi connectivity index (χ2n) is 6.97. The number of aliphatic imine (C=N–C) groups is 1. The zero-order chi connectivity index (χ0) is 20.6. The molecule has 0 aliphatic rings. The molecule has 4 heteroatoms. The van der Waals surface area contributed by atoms with Crippen LogP contribution in [0.25, 0.3) is 11.1 Å². The number of pyridine rings is 1. The SMILES string of the molecule is CCC(C)Cc1ccc(-c2ccc(C#Cc3cnc(N=C=S)cc3F)cc2)cc1. The first-order chi connectivity index (χ1) is 14.1. The Bertz CT molecular complexity index is 1090. The minimum absolute atomic E-state index is 0.183. The molecule has 0 spiro atoms. The van der Waals surface area contributed by atoms with E-state index in [4.69, 9.17) is 0 Å². The number of rotatable bonds is 5. The van der Waals surface area contributed by atoms with Crippen LogP contribution in [0.1, 0.15) is 37.0 Å². The van der Waals surface area contributed by atoms with E-state index in [9.17, 15) is 4.39 Å². The van der Waals surface area contributed by atoms with Crippen molar-refractivity contribution in [3.8, 4) is 23.0 Å². The molecule has 144 valence electrons. The fourth-order valence-electron chi connectivity index (χ4n) is 2.89. The highest BCUT2D eigenvalue weighted by molar-refractivity contribution is 7.78. The maximum atomic E-state index is 14.0. The molecule has 3 rings (SSSR count). The van der Waals surface area contributed by atoms with E-state index in [1.54, 1.807) is 0 Å². The molecular weight excluding hydrogens is 379 g/mol. The number of nitrogens with zero attached hydrogens (tertiary/aromatic N) is 2. The van der Waals surface area contributed by atoms with Crippen molar-refractivity contribution < 1.29 is 4.39 Å². The van der Waals surface area contributed by atoms with E-state index in [1.165, 1.54) is 29.8 Å². The second-order valence-corrected chi connectivity index (χ2v) is 7.15. The highest BCUT2D eigenvalue weighted by Crippen LogP contribution is 2.22. The fourth-order valence-corrected chi connectivity index (χ4v) is 2.98. The summed E-state index contributed by atoms with van der Waals surface area (Å²) in [7, 11) is 0. The van der Waals surface area contributed by atoms with Crippen molar-refractivity contribution in [3.63, 3.8) is 0 Å². The van der Waals surface area contributed by atoms with E-state index in [0.29, 0.717) is 5.92 Å². The third-order valence-corrected chi connectivity index (χ3v) is 4.89. The van der Waals surface area contributed by atoms with Gasteiger partial charge in [-0.25, -0.2) is 9.37 Å². The number of thiocarbonyl (C=S) groups is 1. The highest BCUT2D eigenvalue weighted by atomic mass is 32.1. The first-order valence-electron chi connectivity index (χ1n) is 9.54. The van der Waals surface area contributed by atoms with Gasteiger partial charge in [0.2, 0.25) is 0 Å². The lowest BCUT2D eigenvalue weighted by molar-refractivity contribution is 0.560. The Labute approximate surface area is 176 Å². The number of aromatic nitrogens is 1. The zero-order valence-corrected chi connectivity index (χ0v) is 17.3. The Kier molecular flexibility index (Phi) is 7.03. The molecule has 0 radical (unpaired) electrons. The summed E-state index contributed by atoms with van der Waals surface area (Å²) in [6.07, 6.45) is 3.65. The van der Waals surface area contributed by atoms with Crippen LogP contribution in [0.3, 0.4) is 0 Å². The van der Waals surface area contributed by atoms with Crippen LogP contribution in [-0.2, 0) is 6.42 Å². The van der Waals surface area contributed by atoms with Crippen molar-refractivity contribution in [2.24, 2.45) is 10.9 Å². The average Bonchev–Trinajstić information content (AvgIpc) is 2.74. The van der Waals surface area contributed by atoms with Gasteiger partial charge in [0.15, 0.2) is 5.82 Å². The number of hydrogen-bond acceptors (Lipinski definition) is 3. The summed E-state index contributed by atoms with van der Waals surface area (Å²) in [5, 5.41) is 2.16. The van der Waals surface area contributed by atoms with Crippen molar-refractivity contribution >= 4 is 23.2 Å². The molecule has 1 heterocycles. The Morgan fingerprint density at radius 1 is 1.03 bits per heavy atom. The minimum Gasteiger partial charge on any atom is -0.235 e. The lowest BCUT2D eigenvalue weighted by Gasteiger charge is -2.09. The maximum absolute atomic E-state index is 14.0. The standard InChI is InChI=1S/C25H21FN2S/c1-3-18(2)14-20-7-11-22(12-8-20)21-9-4-19(5-10-21)6-13-23-16-27-25(28-17-29)15-24(23)26/h4-5,7-12,15-16,18H,3,14H2,1-2H3. The van der Waals surface area contributed by atoms with Crippen LogP contribution in [0.2, 0.25) is 0 Å². The van der Waals surface area contributed by atoms with E-state index >= 15 is 0 Å². The lowest BCUT2D eigenvalue weighted by atomic mass is 9.96. The summed E-state index contributed by atoms with van der Waals surface area (Å²) >= 11 is 4.49. The fraction of sp³-hybridized carbons (Fsp3) is 0.200. The predicted octanol–water partition coefficient (Wildman–Crippen LogP) is 6.61. The van der Waals surface area contributed by atoms with Gasteiger partial charge in [0, 0.05) is 17.8 Å². The van der Waals surface area contributed by atoms with Gasteiger partial charge in [-0.2, -0.15) is 4.99 Å². The lowest BCUT2D eigenvalue weighted by Crippen LogP contribution is -1.97. The molecule has 2 nitrogen and oxygen atoms in total. The summed E-state index contributed by atoms with van der Waals surface area (Å²) in [5.41, 5.74) is 4.68. The molecule has 0 saturated heterocycles. The van der Waals surface area contributed by atoms with Crippen molar-refractivity contribution in [2.75, 3.05) is 0 Å². The van der Waals surface area contributed by atoms with Crippen LogP contribution in [0.5, 0.6) is 0 Å². The first-order valence-corrected chi connectivity index (χ1v) is 9.94. The van der Waals surface area contributed by atoms with Gasteiger partial charge in [0.05, 0.1) is 10.7 Å². The molecule has 0 N–H and O–H groups in total. The second kappa shape index (κ2) is 9.89. The van der Waals surface area contributed by atoms with Gasteiger partial charge in [0.1, 0.15) is 5.82 Å². The Morgan fingerprint density at radius 2 is 1.69 bits per heavy atom. The van der Waals surface area contributed by atoms with E-state index in [-0.39, 0.29) is 11.4 Å². The molecule has 0 amide bonds. The zero-order valence-electron chi connectivity index (χ0n) is 16.4. The smallest absolute Gasteiger partial charge is 0.165 e. The monoisotopic (exact) mass is 400 g/mol. The number of benzene rings is 2. The van der Waals surface area contributed by atoms with Crippen LogP contribution >= 0.6 is 12.2 Å². The van der Waals surface area contributed by atoms with Gasteiger partial charge in [-0.1, -0.05) is 68.5 Å². The summed E-state index contributed by atoms with van der Waals surface area (Å²) in [6, 6.07) is 17.8. The van der Waals surface area contributed by atoms with Crippen molar-refractivity contribution in [1.82, 2.24) is 4.98 Å². The predicted molar refractivity (Wildman–Crippen MR) is 120 cm³/mol. The van der Waals surface area contributed by atoms with E-state index < -0.39 is 5.82 Å². The van der Waals surface area contributed by atoms with Gasteiger partial charge in [-0.15, -0.1) is 0 Å². The van der Waals surface area contributed by atoms with Gasteiger partial charge in [0.25, 0.3) is 0 Å². The van der Waals surface area contributed by atoms with Crippen LogP contribution in [0.4, 0.5) is 10.2 Å². The van der Waals surface area contributed by atoms with Gasteiger partial charge in [-0.05, 0) is 53.4 Å². The van der Waals surface area contributed by atoms with E-state index in [1.807, 2.05) is 24.3 Å².